The Hall–Kier alpha value is -1.40. The SMILES string of the molecule is CCCCCC/C=C\CCCCCCCC(CC(=O)NC(CO)C(O)CCCCCCCCCCCCCCCCC)OC(=O)CCCCCCCCCCC. The zero-order chi connectivity index (χ0) is 41.0. The quantitative estimate of drug-likeness (QED) is 0.0324. The first-order chi connectivity index (χ1) is 27.5. The van der Waals surface area contributed by atoms with Crippen LogP contribution in [0.5, 0.6) is 0 Å². The Morgan fingerprint density at radius 3 is 1.29 bits per heavy atom. The van der Waals surface area contributed by atoms with Crippen LogP contribution in [0.15, 0.2) is 12.2 Å². The lowest BCUT2D eigenvalue weighted by atomic mass is 10.0. The molecule has 0 rings (SSSR count). The van der Waals surface area contributed by atoms with E-state index in [4.69, 9.17) is 4.74 Å². The summed E-state index contributed by atoms with van der Waals surface area (Å²) in [5.41, 5.74) is 0. The molecule has 0 fully saturated rings. The average Bonchev–Trinajstić information content (AvgIpc) is 3.19. The Bertz CT molecular complexity index is 847. The third-order valence-electron chi connectivity index (χ3n) is 11.6. The molecule has 0 aliphatic carbocycles. The summed E-state index contributed by atoms with van der Waals surface area (Å²) in [7, 11) is 0. The molecule has 56 heavy (non-hydrogen) atoms. The second-order valence-electron chi connectivity index (χ2n) is 17.2. The fraction of sp³-hybridized carbons (Fsp3) is 0.920. The number of rotatable bonds is 45. The lowest BCUT2D eigenvalue weighted by Crippen LogP contribution is -2.46. The van der Waals surface area contributed by atoms with E-state index in [1.165, 1.54) is 167 Å². The Kier molecular flexibility index (Phi) is 43.6. The minimum absolute atomic E-state index is 0.0781. The third-order valence-corrected chi connectivity index (χ3v) is 11.6. The maximum atomic E-state index is 13.2. The molecule has 0 heterocycles. The van der Waals surface area contributed by atoms with E-state index in [2.05, 4.69) is 38.2 Å². The van der Waals surface area contributed by atoms with Gasteiger partial charge in [0.05, 0.1) is 25.2 Å². The van der Waals surface area contributed by atoms with Gasteiger partial charge in [-0.15, -0.1) is 0 Å². The summed E-state index contributed by atoms with van der Waals surface area (Å²) in [6.07, 6.45) is 48.4. The average molecular weight is 792 g/mol. The number of unbranched alkanes of at least 4 members (excludes halogenated alkanes) is 31. The van der Waals surface area contributed by atoms with E-state index in [9.17, 15) is 19.8 Å². The zero-order valence-corrected chi connectivity index (χ0v) is 37.8. The van der Waals surface area contributed by atoms with Gasteiger partial charge in [0.2, 0.25) is 5.91 Å². The van der Waals surface area contributed by atoms with Crippen molar-refractivity contribution in [3.05, 3.63) is 12.2 Å². The van der Waals surface area contributed by atoms with Gasteiger partial charge in [0.15, 0.2) is 0 Å². The summed E-state index contributed by atoms with van der Waals surface area (Å²) in [6, 6.07) is -0.696. The van der Waals surface area contributed by atoms with E-state index < -0.39 is 18.2 Å². The van der Waals surface area contributed by atoms with Gasteiger partial charge < -0.3 is 20.3 Å². The van der Waals surface area contributed by atoms with Gasteiger partial charge in [-0.1, -0.05) is 219 Å². The topological polar surface area (TPSA) is 95.9 Å². The summed E-state index contributed by atoms with van der Waals surface area (Å²) >= 11 is 0. The Labute approximate surface area is 349 Å². The molecular formula is C50H97NO5. The van der Waals surface area contributed by atoms with Gasteiger partial charge in [-0.2, -0.15) is 0 Å². The molecule has 0 spiro atoms. The number of nitrogens with one attached hydrogen (secondary N) is 1. The lowest BCUT2D eigenvalue weighted by molar-refractivity contribution is -0.151. The van der Waals surface area contributed by atoms with Crippen molar-refractivity contribution in [1.82, 2.24) is 5.32 Å². The van der Waals surface area contributed by atoms with Gasteiger partial charge in [0.25, 0.3) is 0 Å². The monoisotopic (exact) mass is 792 g/mol. The molecular weight excluding hydrogens is 695 g/mol. The molecule has 3 atom stereocenters. The fourth-order valence-electron chi connectivity index (χ4n) is 7.78. The molecule has 3 unspecified atom stereocenters. The van der Waals surface area contributed by atoms with Crippen LogP contribution in [-0.2, 0) is 14.3 Å². The van der Waals surface area contributed by atoms with Crippen molar-refractivity contribution in [2.24, 2.45) is 0 Å². The van der Waals surface area contributed by atoms with Crippen molar-refractivity contribution in [1.29, 1.82) is 0 Å². The summed E-state index contributed by atoms with van der Waals surface area (Å²) in [5.74, 6) is -0.471. The first kappa shape index (κ1) is 54.6. The molecule has 0 aromatic heterocycles. The highest BCUT2D eigenvalue weighted by Crippen LogP contribution is 2.18. The van der Waals surface area contributed by atoms with Gasteiger partial charge in [-0.25, -0.2) is 0 Å². The Morgan fingerprint density at radius 2 is 0.857 bits per heavy atom. The normalized spacial score (nSPS) is 13.3. The molecule has 6 heteroatoms. The number of aliphatic hydroxyl groups excluding tert-OH is 2. The predicted molar refractivity (Wildman–Crippen MR) is 241 cm³/mol. The van der Waals surface area contributed by atoms with E-state index in [1.807, 2.05) is 0 Å². The van der Waals surface area contributed by atoms with E-state index in [-0.39, 0.29) is 24.9 Å². The lowest BCUT2D eigenvalue weighted by Gasteiger charge is -2.24. The van der Waals surface area contributed by atoms with Gasteiger partial charge in [-0.3, -0.25) is 9.59 Å². The Morgan fingerprint density at radius 1 is 0.500 bits per heavy atom. The number of carbonyl (C=O) groups excluding carboxylic acids is 2. The molecule has 0 saturated carbocycles. The van der Waals surface area contributed by atoms with Crippen molar-refractivity contribution in [2.75, 3.05) is 6.61 Å². The van der Waals surface area contributed by atoms with Crippen LogP contribution in [0, 0.1) is 0 Å². The van der Waals surface area contributed by atoms with Crippen molar-refractivity contribution >= 4 is 11.9 Å². The number of hydrogen-bond acceptors (Lipinski definition) is 5. The van der Waals surface area contributed by atoms with Crippen molar-refractivity contribution in [3.8, 4) is 0 Å². The van der Waals surface area contributed by atoms with Crippen LogP contribution in [0.3, 0.4) is 0 Å². The molecule has 0 aromatic carbocycles. The number of amides is 1. The Balaban J connectivity index is 4.49. The maximum absolute atomic E-state index is 13.2. The number of ether oxygens (including phenoxy) is 1. The highest BCUT2D eigenvalue weighted by molar-refractivity contribution is 5.77. The van der Waals surface area contributed by atoms with Crippen LogP contribution in [0.4, 0.5) is 0 Å². The minimum atomic E-state index is -0.783. The number of carbonyl (C=O) groups is 2. The molecule has 6 nitrogen and oxygen atoms in total. The maximum Gasteiger partial charge on any atom is 0.306 e. The molecule has 0 aromatic rings. The first-order valence-corrected chi connectivity index (χ1v) is 24.9. The second kappa shape index (κ2) is 44.7. The predicted octanol–water partition coefficient (Wildman–Crippen LogP) is 14.6. The van der Waals surface area contributed by atoms with Gasteiger partial charge in [0, 0.05) is 6.42 Å². The van der Waals surface area contributed by atoms with E-state index in [1.54, 1.807) is 0 Å². The fourth-order valence-corrected chi connectivity index (χ4v) is 7.78. The van der Waals surface area contributed by atoms with Gasteiger partial charge in [0.1, 0.15) is 6.10 Å². The number of allylic oxidation sites excluding steroid dienone is 2. The van der Waals surface area contributed by atoms with Crippen LogP contribution in [0.2, 0.25) is 0 Å². The molecule has 0 saturated heterocycles. The summed E-state index contributed by atoms with van der Waals surface area (Å²) in [4.78, 5) is 26.0. The smallest absolute Gasteiger partial charge is 0.306 e. The molecule has 0 aliphatic rings. The largest absolute Gasteiger partial charge is 0.462 e. The number of esters is 1. The van der Waals surface area contributed by atoms with Crippen LogP contribution in [0.1, 0.15) is 271 Å². The van der Waals surface area contributed by atoms with Crippen molar-refractivity contribution in [2.45, 2.75) is 289 Å². The standard InChI is InChI=1S/C50H97NO5/c1-4-7-10-13-16-19-21-23-24-26-28-31-33-36-39-42-48(53)47(45-52)51-49(54)44-46(56-50(55)43-40-37-34-29-18-15-12-9-6-3)41-38-35-32-30-27-25-22-20-17-14-11-8-5-2/h20,22,46-48,52-53H,4-19,21,23-45H2,1-3H3,(H,51,54)/b22-20-. The minimum Gasteiger partial charge on any atom is -0.462 e. The van der Waals surface area contributed by atoms with E-state index in [0.29, 0.717) is 19.3 Å². The molecule has 332 valence electrons. The summed E-state index contributed by atoms with van der Waals surface area (Å²) in [6.45, 7) is 6.46. The zero-order valence-electron chi connectivity index (χ0n) is 37.8. The van der Waals surface area contributed by atoms with E-state index in [0.717, 1.165) is 57.8 Å². The van der Waals surface area contributed by atoms with Crippen LogP contribution in [0.25, 0.3) is 0 Å². The van der Waals surface area contributed by atoms with Crippen LogP contribution >= 0.6 is 0 Å². The van der Waals surface area contributed by atoms with E-state index >= 15 is 0 Å². The summed E-state index contributed by atoms with van der Waals surface area (Å²) < 4.78 is 5.90. The van der Waals surface area contributed by atoms with Gasteiger partial charge in [-0.05, 0) is 51.4 Å². The van der Waals surface area contributed by atoms with Crippen LogP contribution in [-0.4, -0.2) is 46.9 Å². The molecule has 3 N–H and O–H groups in total. The van der Waals surface area contributed by atoms with Crippen molar-refractivity contribution < 1.29 is 24.5 Å². The van der Waals surface area contributed by atoms with Crippen LogP contribution < -0.4 is 5.32 Å². The molecule has 0 bridgehead atoms. The van der Waals surface area contributed by atoms with Gasteiger partial charge >= 0.3 is 5.97 Å². The second-order valence-corrected chi connectivity index (χ2v) is 17.2. The molecule has 1 amide bonds. The molecule has 0 radical (unpaired) electrons. The van der Waals surface area contributed by atoms with Crippen molar-refractivity contribution in [3.63, 3.8) is 0 Å². The third kappa shape index (κ3) is 39.4. The highest BCUT2D eigenvalue weighted by atomic mass is 16.5. The summed E-state index contributed by atoms with van der Waals surface area (Å²) in [5, 5.41) is 23.7. The number of aliphatic hydroxyl groups is 2. The molecule has 0 aliphatic heterocycles. The highest BCUT2D eigenvalue weighted by Gasteiger charge is 2.24. The number of hydrogen-bond donors (Lipinski definition) is 3. The first-order valence-electron chi connectivity index (χ1n) is 24.9.